The first-order valence-corrected chi connectivity index (χ1v) is 9.37. The molecule has 3 nitrogen and oxygen atoms in total. The van der Waals surface area contributed by atoms with Crippen molar-refractivity contribution in [2.24, 2.45) is 4.99 Å². The molecule has 128 valence electrons. The summed E-state index contributed by atoms with van der Waals surface area (Å²) in [5, 5.41) is 1.70. The van der Waals surface area contributed by atoms with E-state index in [0.717, 1.165) is 10.2 Å². The van der Waals surface area contributed by atoms with E-state index in [4.69, 9.17) is 46.4 Å². The van der Waals surface area contributed by atoms with Crippen LogP contribution in [0.1, 0.15) is 10.4 Å². The van der Waals surface area contributed by atoms with Gasteiger partial charge in [-0.3, -0.25) is 4.79 Å². The SMILES string of the molecule is C=CCn1c(=NC(=O)c2ccc(Cl)cc2Cl)sc2cc(Cl)cc(Cl)c21. The fraction of sp³-hybridized carbons (Fsp3) is 0.0588. The number of carbonyl (C=O) groups excluding carboxylic acids is 1. The average Bonchev–Trinajstić information content (AvgIpc) is 2.85. The zero-order chi connectivity index (χ0) is 18.1. The van der Waals surface area contributed by atoms with Gasteiger partial charge in [0.1, 0.15) is 0 Å². The maximum Gasteiger partial charge on any atom is 0.281 e. The smallest absolute Gasteiger partial charge is 0.281 e. The zero-order valence-electron chi connectivity index (χ0n) is 12.6. The molecule has 1 amide bonds. The number of nitrogens with zero attached hydrogens (tertiary/aromatic N) is 2. The van der Waals surface area contributed by atoms with Gasteiger partial charge in [0.2, 0.25) is 0 Å². The van der Waals surface area contributed by atoms with Crippen molar-refractivity contribution in [2.45, 2.75) is 6.54 Å². The normalized spacial score (nSPS) is 11.9. The third kappa shape index (κ3) is 3.78. The highest BCUT2D eigenvalue weighted by atomic mass is 35.5. The van der Waals surface area contributed by atoms with Gasteiger partial charge in [0, 0.05) is 16.6 Å². The molecule has 0 bridgehead atoms. The first-order valence-electron chi connectivity index (χ1n) is 7.04. The Balaban J connectivity index is 2.21. The third-order valence-electron chi connectivity index (χ3n) is 3.37. The molecule has 0 unspecified atom stereocenters. The van der Waals surface area contributed by atoms with Crippen LogP contribution in [0.15, 0.2) is 48.0 Å². The van der Waals surface area contributed by atoms with Crippen molar-refractivity contribution in [3.63, 3.8) is 0 Å². The van der Waals surface area contributed by atoms with E-state index in [1.165, 1.54) is 17.4 Å². The number of hydrogen-bond acceptors (Lipinski definition) is 2. The Bertz CT molecular complexity index is 1070. The zero-order valence-corrected chi connectivity index (χ0v) is 16.4. The molecule has 3 aromatic rings. The van der Waals surface area contributed by atoms with Gasteiger partial charge < -0.3 is 4.57 Å². The number of aromatic nitrogens is 1. The molecule has 0 N–H and O–H groups in total. The van der Waals surface area contributed by atoms with E-state index in [2.05, 4.69) is 11.6 Å². The summed E-state index contributed by atoms with van der Waals surface area (Å²) in [6.45, 7) is 4.19. The van der Waals surface area contributed by atoms with Gasteiger partial charge in [0.25, 0.3) is 5.91 Å². The van der Waals surface area contributed by atoms with E-state index < -0.39 is 5.91 Å². The molecule has 2 aromatic carbocycles. The van der Waals surface area contributed by atoms with Crippen LogP contribution >= 0.6 is 57.7 Å². The predicted octanol–water partition coefficient (Wildman–Crippen LogP) is 6.24. The molecule has 1 heterocycles. The van der Waals surface area contributed by atoms with Crippen LogP contribution in [0.4, 0.5) is 0 Å². The fourth-order valence-corrected chi connectivity index (χ4v) is 4.63. The van der Waals surface area contributed by atoms with Gasteiger partial charge in [-0.05, 0) is 30.3 Å². The number of thiazole rings is 1. The number of fused-ring (bicyclic) bond motifs is 1. The summed E-state index contributed by atoms with van der Waals surface area (Å²) in [6.07, 6.45) is 1.70. The Morgan fingerprint density at radius 2 is 1.84 bits per heavy atom. The monoisotopic (exact) mass is 430 g/mol. The van der Waals surface area contributed by atoms with Gasteiger partial charge >= 0.3 is 0 Å². The van der Waals surface area contributed by atoms with Crippen LogP contribution in [-0.2, 0) is 6.54 Å². The lowest BCUT2D eigenvalue weighted by Crippen LogP contribution is -2.16. The van der Waals surface area contributed by atoms with Crippen molar-refractivity contribution in [3.05, 3.63) is 73.4 Å². The van der Waals surface area contributed by atoms with E-state index in [0.29, 0.717) is 26.4 Å². The van der Waals surface area contributed by atoms with E-state index in [-0.39, 0.29) is 10.6 Å². The van der Waals surface area contributed by atoms with E-state index in [1.807, 2.05) is 4.57 Å². The van der Waals surface area contributed by atoms with Crippen LogP contribution in [0, 0.1) is 0 Å². The highest BCUT2D eigenvalue weighted by Crippen LogP contribution is 2.30. The van der Waals surface area contributed by atoms with E-state index >= 15 is 0 Å². The lowest BCUT2D eigenvalue weighted by atomic mass is 10.2. The second-order valence-corrected chi connectivity index (χ2v) is 7.76. The maximum absolute atomic E-state index is 12.5. The van der Waals surface area contributed by atoms with Gasteiger partial charge in [-0.25, -0.2) is 0 Å². The van der Waals surface area contributed by atoms with Crippen molar-refractivity contribution in [3.8, 4) is 0 Å². The van der Waals surface area contributed by atoms with Gasteiger partial charge in [-0.2, -0.15) is 4.99 Å². The highest BCUT2D eigenvalue weighted by molar-refractivity contribution is 7.16. The molecule has 8 heteroatoms. The molecule has 0 aliphatic carbocycles. The summed E-state index contributed by atoms with van der Waals surface area (Å²) < 4.78 is 2.64. The van der Waals surface area contributed by atoms with Crippen LogP contribution in [0.3, 0.4) is 0 Å². The van der Waals surface area contributed by atoms with Crippen LogP contribution < -0.4 is 4.80 Å². The maximum atomic E-state index is 12.5. The molecule has 3 rings (SSSR count). The van der Waals surface area contributed by atoms with Crippen molar-refractivity contribution >= 4 is 73.9 Å². The summed E-state index contributed by atoms with van der Waals surface area (Å²) in [5.41, 5.74) is 1.03. The summed E-state index contributed by atoms with van der Waals surface area (Å²) in [5.74, 6) is -0.465. The number of rotatable bonds is 3. The van der Waals surface area contributed by atoms with Crippen LogP contribution in [0.5, 0.6) is 0 Å². The summed E-state index contributed by atoms with van der Waals surface area (Å²) in [4.78, 5) is 17.2. The average molecular weight is 432 g/mol. The molecule has 0 spiro atoms. The van der Waals surface area contributed by atoms with Gasteiger partial charge in [0.05, 0.1) is 25.8 Å². The number of amides is 1. The van der Waals surface area contributed by atoms with Crippen molar-refractivity contribution in [1.29, 1.82) is 0 Å². The molecular weight excluding hydrogens is 422 g/mol. The largest absolute Gasteiger partial charge is 0.311 e. The molecule has 0 saturated carbocycles. The van der Waals surface area contributed by atoms with Crippen LogP contribution in [0.2, 0.25) is 20.1 Å². The number of hydrogen-bond donors (Lipinski definition) is 0. The van der Waals surface area contributed by atoms with Gasteiger partial charge in [-0.15, -0.1) is 6.58 Å². The first kappa shape index (κ1) is 18.5. The molecule has 0 saturated heterocycles. The lowest BCUT2D eigenvalue weighted by Gasteiger charge is -2.03. The minimum absolute atomic E-state index is 0.249. The molecule has 0 radical (unpaired) electrons. The van der Waals surface area contributed by atoms with Crippen LogP contribution in [-0.4, -0.2) is 10.5 Å². The standard InChI is InChI=1S/C17H10Cl4N2OS/c1-2-5-23-15-13(21)7-10(19)8-14(15)25-17(23)22-16(24)11-4-3-9(18)6-12(11)20/h2-4,6-8H,1,5H2. The Morgan fingerprint density at radius 3 is 2.52 bits per heavy atom. The topological polar surface area (TPSA) is 34.4 Å². The lowest BCUT2D eigenvalue weighted by molar-refractivity contribution is 0.0998. The second kappa shape index (κ2) is 7.52. The van der Waals surface area contributed by atoms with Crippen molar-refractivity contribution in [2.75, 3.05) is 0 Å². The second-order valence-electron chi connectivity index (χ2n) is 5.06. The number of allylic oxidation sites excluding steroid dienone is 1. The van der Waals surface area contributed by atoms with E-state index in [9.17, 15) is 4.79 Å². The molecule has 1 aromatic heterocycles. The number of halogens is 4. The van der Waals surface area contributed by atoms with Crippen LogP contribution in [0.25, 0.3) is 10.2 Å². The Morgan fingerprint density at radius 1 is 1.12 bits per heavy atom. The quantitative estimate of drug-likeness (QED) is 0.451. The summed E-state index contributed by atoms with van der Waals surface area (Å²) >= 11 is 25.7. The first-order chi connectivity index (χ1) is 11.9. The Kier molecular flexibility index (Phi) is 5.56. The number of benzene rings is 2. The number of carbonyl (C=O) groups is 1. The van der Waals surface area contributed by atoms with Gasteiger partial charge in [0.15, 0.2) is 4.80 Å². The third-order valence-corrected chi connectivity index (χ3v) is 5.45. The molecule has 0 atom stereocenters. The van der Waals surface area contributed by atoms with E-state index in [1.54, 1.807) is 30.3 Å². The minimum Gasteiger partial charge on any atom is -0.311 e. The fourth-order valence-electron chi connectivity index (χ4n) is 2.32. The molecule has 0 aliphatic rings. The predicted molar refractivity (Wildman–Crippen MR) is 106 cm³/mol. The molecule has 25 heavy (non-hydrogen) atoms. The Hall–Kier alpha value is -1.30. The van der Waals surface area contributed by atoms with Crippen molar-refractivity contribution in [1.82, 2.24) is 4.57 Å². The molecule has 0 fully saturated rings. The summed E-state index contributed by atoms with van der Waals surface area (Å²) in [7, 11) is 0. The highest BCUT2D eigenvalue weighted by Gasteiger charge is 2.14. The Labute approximate surface area is 167 Å². The molecular formula is C17H10Cl4N2OS. The van der Waals surface area contributed by atoms with Gasteiger partial charge in [-0.1, -0.05) is 63.8 Å². The summed E-state index contributed by atoms with van der Waals surface area (Å²) in [6, 6.07) is 8.08. The van der Waals surface area contributed by atoms with Crippen molar-refractivity contribution < 1.29 is 4.79 Å². The minimum atomic E-state index is -0.465. The molecule has 0 aliphatic heterocycles.